The van der Waals surface area contributed by atoms with Crippen LogP contribution in [0.4, 0.5) is 11.4 Å². The Labute approximate surface area is 110 Å². The van der Waals surface area contributed by atoms with Crippen LogP contribution in [0.3, 0.4) is 0 Å². The number of ether oxygens (including phenoxy) is 1. The van der Waals surface area contributed by atoms with Gasteiger partial charge in [0.2, 0.25) is 5.91 Å². The van der Waals surface area contributed by atoms with E-state index in [1.54, 1.807) is 23.1 Å². The van der Waals surface area contributed by atoms with Crippen molar-refractivity contribution in [1.29, 1.82) is 0 Å². The number of anilines is 2. The van der Waals surface area contributed by atoms with E-state index in [-0.39, 0.29) is 12.2 Å². The van der Waals surface area contributed by atoms with Crippen molar-refractivity contribution in [2.24, 2.45) is 11.5 Å². The number of benzene rings is 1. The fraction of sp³-hybridized carbons (Fsp3) is 0.333. The summed E-state index contributed by atoms with van der Waals surface area (Å²) in [4.78, 5) is 24.5. The molecule has 2 rings (SSSR count). The molecule has 102 valence electrons. The average Bonchev–Trinajstić information content (AvgIpc) is 2.39. The number of nitrogens with two attached hydrogens (primary N) is 3. The van der Waals surface area contributed by atoms with Crippen LogP contribution in [0.5, 0.6) is 0 Å². The summed E-state index contributed by atoms with van der Waals surface area (Å²) in [5.74, 6) is -1.08. The summed E-state index contributed by atoms with van der Waals surface area (Å²) in [6.45, 7) is 1.22. The van der Waals surface area contributed by atoms with Crippen LogP contribution in [0.25, 0.3) is 0 Å². The predicted molar refractivity (Wildman–Crippen MR) is 70.5 cm³/mol. The molecule has 0 aliphatic carbocycles. The Morgan fingerprint density at radius 1 is 1.32 bits per heavy atom. The van der Waals surface area contributed by atoms with Crippen LogP contribution >= 0.6 is 0 Å². The molecule has 19 heavy (non-hydrogen) atoms. The zero-order valence-electron chi connectivity index (χ0n) is 10.3. The van der Waals surface area contributed by atoms with Crippen LogP contribution in [-0.2, 0) is 9.53 Å². The maximum atomic E-state index is 11.4. The normalized spacial score (nSPS) is 19.2. The van der Waals surface area contributed by atoms with Gasteiger partial charge < -0.3 is 26.8 Å². The van der Waals surface area contributed by atoms with Gasteiger partial charge in [-0.05, 0) is 18.2 Å². The quantitative estimate of drug-likeness (QED) is 0.607. The predicted octanol–water partition coefficient (Wildman–Crippen LogP) is -0.942. The lowest BCUT2D eigenvalue weighted by molar-refractivity contribution is -0.121. The molecule has 1 aromatic carbocycles. The molecule has 1 aliphatic heterocycles. The van der Waals surface area contributed by atoms with Crippen molar-refractivity contribution in [2.75, 3.05) is 30.4 Å². The van der Waals surface area contributed by atoms with Crippen molar-refractivity contribution in [3.63, 3.8) is 0 Å². The van der Waals surface area contributed by atoms with Crippen molar-refractivity contribution in [1.82, 2.24) is 0 Å². The second-order valence-corrected chi connectivity index (χ2v) is 4.32. The van der Waals surface area contributed by atoms with E-state index in [0.717, 1.165) is 0 Å². The number of nitrogen functional groups attached to an aromatic ring is 1. The summed E-state index contributed by atoms with van der Waals surface area (Å²) >= 11 is 0. The largest absolute Gasteiger partial charge is 0.398 e. The first-order chi connectivity index (χ1) is 9.00. The maximum absolute atomic E-state index is 11.4. The van der Waals surface area contributed by atoms with Crippen molar-refractivity contribution >= 4 is 23.2 Å². The summed E-state index contributed by atoms with van der Waals surface area (Å²) in [5, 5.41) is 0. The molecule has 0 radical (unpaired) electrons. The average molecular weight is 264 g/mol. The Hall–Kier alpha value is -2.28. The molecular weight excluding hydrogens is 248 g/mol. The molecule has 2 amide bonds. The standard InChI is InChI=1S/C12H16N4O3/c13-9-2-1-7(5-8(9)11(14)17)16-3-4-19-6-10(16)12(15)18/h1-2,5,10H,3-4,6,13H2,(H2,14,17)(H2,15,18). The minimum Gasteiger partial charge on any atom is -0.398 e. The SMILES string of the molecule is NC(=O)c1cc(N2CCOCC2C(N)=O)ccc1N. The van der Waals surface area contributed by atoms with Gasteiger partial charge in [-0.2, -0.15) is 0 Å². The molecule has 7 heteroatoms. The molecule has 1 atom stereocenters. The van der Waals surface area contributed by atoms with Gasteiger partial charge in [0.1, 0.15) is 6.04 Å². The molecule has 7 nitrogen and oxygen atoms in total. The van der Waals surface area contributed by atoms with Crippen molar-refractivity contribution in [3.05, 3.63) is 23.8 Å². The monoisotopic (exact) mass is 264 g/mol. The highest BCUT2D eigenvalue weighted by Crippen LogP contribution is 2.24. The second-order valence-electron chi connectivity index (χ2n) is 4.32. The third-order valence-electron chi connectivity index (χ3n) is 3.09. The highest BCUT2D eigenvalue weighted by atomic mass is 16.5. The summed E-state index contributed by atoms with van der Waals surface area (Å²) < 4.78 is 5.24. The van der Waals surface area contributed by atoms with Gasteiger partial charge in [0, 0.05) is 17.9 Å². The van der Waals surface area contributed by atoms with E-state index in [4.69, 9.17) is 21.9 Å². The van der Waals surface area contributed by atoms with Crippen LogP contribution in [0.1, 0.15) is 10.4 Å². The highest BCUT2D eigenvalue weighted by molar-refractivity contribution is 5.99. The lowest BCUT2D eigenvalue weighted by atomic mass is 10.1. The van der Waals surface area contributed by atoms with Gasteiger partial charge in [-0.15, -0.1) is 0 Å². The smallest absolute Gasteiger partial charge is 0.250 e. The van der Waals surface area contributed by atoms with Gasteiger partial charge in [0.25, 0.3) is 5.91 Å². The lowest BCUT2D eigenvalue weighted by Gasteiger charge is -2.35. The van der Waals surface area contributed by atoms with E-state index in [9.17, 15) is 9.59 Å². The van der Waals surface area contributed by atoms with Gasteiger partial charge in [-0.1, -0.05) is 0 Å². The molecular formula is C12H16N4O3. The van der Waals surface area contributed by atoms with Gasteiger partial charge in [0.05, 0.1) is 18.8 Å². The first-order valence-corrected chi connectivity index (χ1v) is 5.83. The molecule has 1 aromatic rings. The Morgan fingerprint density at radius 3 is 2.68 bits per heavy atom. The minimum absolute atomic E-state index is 0.228. The number of nitrogens with zero attached hydrogens (tertiary/aromatic N) is 1. The summed E-state index contributed by atoms with van der Waals surface area (Å²) in [6.07, 6.45) is 0. The molecule has 0 saturated carbocycles. The van der Waals surface area contributed by atoms with Gasteiger partial charge in [-0.25, -0.2) is 0 Å². The first-order valence-electron chi connectivity index (χ1n) is 5.83. The Balaban J connectivity index is 2.36. The number of carbonyl (C=O) groups excluding carboxylic acids is 2. The Kier molecular flexibility index (Phi) is 3.57. The topological polar surface area (TPSA) is 125 Å². The van der Waals surface area contributed by atoms with Crippen LogP contribution in [-0.4, -0.2) is 37.6 Å². The van der Waals surface area contributed by atoms with E-state index in [1.165, 1.54) is 0 Å². The minimum atomic E-state index is -0.608. The summed E-state index contributed by atoms with van der Waals surface area (Å²) in [5.41, 5.74) is 17.5. The lowest BCUT2D eigenvalue weighted by Crippen LogP contribution is -2.52. The van der Waals surface area contributed by atoms with Gasteiger partial charge in [-0.3, -0.25) is 9.59 Å². The van der Waals surface area contributed by atoms with Crippen LogP contribution in [0, 0.1) is 0 Å². The first kappa shape index (κ1) is 13.2. The zero-order valence-corrected chi connectivity index (χ0v) is 10.3. The summed E-state index contributed by atoms with van der Waals surface area (Å²) in [7, 11) is 0. The van der Waals surface area contributed by atoms with E-state index >= 15 is 0 Å². The third-order valence-corrected chi connectivity index (χ3v) is 3.09. The van der Waals surface area contributed by atoms with Gasteiger partial charge >= 0.3 is 0 Å². The van der Waals surface area contributed by atoms with Crippen LogP contribution in [0.15, 0.2) is 18.2 Å². The third kappa shape index (κ3) is 2.60. The van der Waals surface area contributed by atoms with E-state index in [1.807, 2.05) is 0 Å². The number of hydrogen-bond acceptors (Lipinski definition) is 5. The fourth-order valence-corrected chi connectivity index (χ4v) is 2.08. The number of amides is 2. The number of morpholine rings is 1. The van der Waals surface area contributed by atoms with Crippen LogP contribution in [0.2, 0.25) is 0 Å². The number of rotatable bonds is 3. The molecule has 1 heterocycles. The number of primary amides is 2. The maximum Gasteiger partial charge on any atom is 0.250 e. The molecule has 0 spiro atoms. The zero-order chi connectivity index (χ0) is 14.0. The molecule has 1 unspecified atom stereocenters. The van der Waals surface area contributed by atoms with Gasteiger partial charge in [0.15, 0.2) is 0 Å². The number of carbonyl (C=O) groups is 2. The Bertz CT molecular complexity index is 518. The molecule has 1 saturated heterocycles. The van der Waals surface area contributed by atoms with E-state index in [0.29, 0.717) is 24.5 Å². The van der Waals surface area contributed by atoms with Crippen LogP contribution < -0.4 is 22.1 Å². The Morgan fingerprint density at radius 2 is 2.05 bits per heavy atom. The number of hydrogen-bond donors (Lipinski definition) is 3. The molecule has 6 N–H and O–H groups in total. The fourth-order valence-electron chi connectivity index (χ4n) is 2.08. The van der Waals surface area contributed by atoms with E-state index < -0.39 is 17.9 Å². The van der Waals surface area contributed by atoms with E-state index in [2.05, 4.69) is 0 Å². The molecule has 1 fully saturated rings. The second kappa shape index (κ2) is 5.15. The molecule has 0 aromatic heterocycles. The van der Waals surface area contributed by atoms with Crippen molar-refractivity contribution < 1.29 is 14.3 Å². The molecule has 1 aliphatic rings. The highest BCUT2D eigenvalue weighted by Gasteiger charge is 2.28. The van der Waals surface area contributed by atoms with Crippen molar-refractivity contribution in [2.45, 2.75) is 6.04 Å². The molecule has 0 bridgehead atoms. The summed E-state index contributed by atoms with van der Waals surface area (Å²) in [6, 6.07) is 4.32. The van der Waals surface area contributed by atoms with Crippen molar-refractivity contribution in [3.8, 4) is 0 Å².